The van der Waals surface area contributed by atoms with Crippen molar-refractivity contribution in [1.29, 1.82) is 0 Å². The van der Waals surface area contributed by atoms with Crippen molar-refractivity contribution in [2.45, 2.75) is 51.1 Å². The van der Waals surface area contributed by atoms with Crippen LogP contribution < -0.4 is 14.2 Å². The second-order valence-corrected chi connectivity index (χ2v) is 11.0. The Morgan fingerprint density at radius 1 is 0.822 bits per heavy atom. The third-order valence-corrected chi connectivity index (χ3v) is 7.46. The molecule has 4 rings (SSSR count). The third-order valence-electron chi connectivity index (χ3n) is 7.46. The number of halogens is 3. The molecule has 45 heavy (non-hydrogen) atoms. The van der Waals surface area contributed by atoms with Crippen molar-refractivity contribution in [3.63, 3.8) is 0 Å². The summed E-state index contributed by atoms with van der Waals surface area (Å²) in [4.78, 5) is 32.0. The zero-order valence-electron chi connectivity index (χ0n) is 25.5. The highest BCUT2D eigenvalue weighted by molar-refractivity contribution is 5.98. The fraction of sp³-hybridized carbons (Fsp3) is 0.400. The van der Waals surface area contributed by atoms with E-state index in [1.807, 2.05) is 24.3 Å². The Bertz CT molecular complexity index is 1420. The maximum atomic E-state index is 12.9. The van der Waals surface area contributed by atoms with Gasteiger partial charge in [-0.1, -0.05) is 18.2 Å². The minimum Gasteiger partial charge on any atom is -0.497 e. The van der Waals surface area contributed by atoms with Crippen LogP contribution in [0.5, 0.6) is 17.2 Å². The topological polar surface area (TPSA) is 77.4 Å². The summed E-state index contributed by atoms with van der Waals surface area (Å²) in [7, 11) is 1.58. The number of rotatable bonds is 16. The molecule has 3 aromatic rings. The Balaban J connectivity index is 1.24. The highest BCUT2D eigenvalue weighted by Gasteiger charge is 2.30. The van der Waals surface area contributed by atoms with Crippen LogP contribution >= 0.6 is 0 Å². The van der Waals surface area contributed by atoms with E-state index in [1.54, 1.807) is 31.4 Å². The molecule has 1 heterocycles. The van der Waals surface area contributed by atoms with Crippen LogP contribution in [0.4, 0.5) is 13.2 Å². The molecule has 3 aromatic carbocycles. The first kappa shape index (κ1) is 33.7. The summed E-state index contributed by atoms with van der Waals surface area (Å²) < 4.78 is 54.9. The number of methoxy groups -OCH3 is 1. The average Bonchev–Trinajstić information content (AvgIpc) is 3.55. The van der Waals surface area contributed by atoms with E-state index in [0.29, 0.717) is 49.3 Å². The smallest absolute Gasteiger partial charge is 0.416 e. The average molecular weight is 625 g/mol. The van der Waals surface area contributed by atoms with Crippen LogP contribution in [0.2, 0.25) is 0 Å². The number of hydrogen-bond donors (Lipinski definition) is 0. The zero-order chi connectivity index (χ0) is 32.1. The highest BCUT2D eigenvalue weighted by Crippen LogP contribution is 2.31. The van der Waals surface area contributed by atoms with Gasteiger partial charge in [0.05, 0.1) is 12.7 Å². The Labute approximate surface area is 262 Å². The number of ether oxygens (including phenoxy) is 3. The van der Waals surface area contributed by atoms with Gasteiger partial charge in [0.2, 0.25) is 5.91 Å². The molecule has 0 bridgehead atoms. The van der Waals surface area contributed by atoms with Crippen molar-refractivity contribution < 1.29 is 37.0 Å². The Kier molecular flexibility index (Phi) is 12.6. The number of carbonyl (C=O) groups is 2. The lowest BCUT2D eigenvalue weighted by Gasteiger charge is -2.16. The van der Waals surface area contributed by atoms with E-state index in [1.165, 1.54) is 12.1 Å². The van der Waals surface area contributed by atoms with Crippen LogP contribution in [-0.2, 0) is 17.4 Å². The molecule has 1 aliphatic heterocycles. The largest absolute Gasteiger partial charge is 0.497 e. The molecule has 0 N–H and O–H groups in total. The van der Waals surface area contributed by atoms with Gasteiger partial charge in [-0.25, -0.2) is 4.99 Å². The molecule has 1 aliphatic rings. The van der Waals surface area contributed by atoms with Crippen LogP contribution in [-0.4, -0.2) is 62.3 Å². The van der Waals surface area contributed by atoms with Crippen molar-refractivity contribution in [2.24, 2.45) is 4.99 Å². The van der Waals surface area contributed by atoms with Gasteiger partial charge in [0.1, 0.15) is 30.5 Å². The van der Waals surface area contributed by atoms with Crippen LogP contribution in [0, 0.1) is 0 Å². The fourth-order valence-electron chi connectivity index (χ4n) is 5.07. The fourth-order valence-corrected chi connectivity index (χ4v) is 5.07. The normalized spacial score (nSPS) is 13.9. The van der Waals surface area contributed by atoms with Gasteiger partial charge in [-0.2, -0.15) is 13.2 Å². The SMILES string of the molecule is COc1ccc(C(=O)CCCCC(=O)N=C(Cc2ccc(OCCOc3cccc(C(F)(F)F)c3)cc2)CN2CCCC2)cc1. The predicted octanol–water partition coefficient (Wildman–Crippen LogP) is 7.22. The van der Waals surface area contributed by atoms with Gasteiger partial charge in [-0.3, -0.25) is 14.5 Å². The number of hydrogen-bond acceptors (Lipinski definition) is 6. The number of alkyl halides is 3. The van der Waals surface area contributed by atoms with Crippen LogP contribution in [0.15, 0.2) is 77.8 Å². The van der Waals surface area contributed by atoms with Gasteiger partial charge >= 0.3 is 6.18 Å². The summed E-state index contributed by atoms with van der Waals surface area (Å²) >= 11 is 0. The van der Waals surface area contributed by atoms with Crippen molar-refractivity contribution in [3.05, 3.63) is 89.5 Å². The standard InChI is InChI=1S/C35H39F3N2O5/c1-43-30-17-13-27(14-18-30)33(41)9-2-3-10-34(42)39-29(25-40-19-4-5-20-40)23-26-11-15-31(16-12-26)44-21-22-45-32-8-6-7-28(24-32)35(36,37)38/h6-8,11-18,24H,2-5,9-10,19-23,25H2,1H3. The molecule has 0 atom stereocenters. The molecule has 1 saturated heterocycles. The van der Waals surface area contributed by atoms with Crippen molar-refractivity contribution in [2.75, 3.05) is 40.0 Å². The Hall–Kier alpha value is -4.18. The van der Waals surface area contributed by atoms with Crippen LogP contribution in [0.3, 0.4) is 0 Å². The lowest BCUT2D eigenvalue weighted by Crippen LogP contribution is -2.28. The lowest BCUT2D eigenvalue weighted by atomic mass is 10.0. The number of nitrogens with zero attached hydrogens (tertiary/aromatic N) is 2. The minimum absolute atomic E-state index is 0.0407. The molecule has 0 spiro atoms. The second kappa shape index (κ2) is 16.8. The summed E-state index contributed by atoms with van der Waals surface area (Å²) in [6, 6.07) is 19.2. The van der Waals surface area contributed by atoms with Crippen LogP contribution in [0.1, 0.15) is 60.0 Å². The van der Waals surface area contributed by atoms with Crippen molar-refractivity contribution >= 4 is 17.4 Å². The number of carbonyl (C=O) groups excluding carboxylic acids is 2. The first-order valence-electron chi connectivity index (χ1n) is 15.2. The molecule has 10 heteroatoms. The molecule has 240 valence electrons. The van der Waals surface area contributed by atoms with Gasteiger partial charge in [0.25, 0.3) is 0 Å². The molecule has 0 unspecified atom stereocenters. The van der Waals surface area contributed by atoms with Gasteiger partial charge in [0, 0.05) is 37.1 Å². The van der Waals surface area contributed by atoms with E-state index in [9.17, 15) is 22.8 Å². The summed E-state index contributed by atoms with van der Waals surface area (Å²) in [6.07, 6.45) is 0.219. The number of unbranched alkanes of at least 4 members (excludes halogenated alkanes) is 1. The number of amides is 1. The van der Waals surface area contributed by atoms with E-state index in [-0.39, 0.29) is 37.1 Å². The maximum absolute atomic E-state index is 12.9. The Morgan fingerprint density at radius 3 is 2.13 bits per heavy atom. The van der Waals surface area contributed by atoms with Gasteiger partial charge in [0.15, 0.2) is 5.78 Å². The summed E-state index contributed by atoms with van der Waals surface area (Å²) in [5.41, 5.74) is 1.66. The highest BCUT2D eigenvalue weighted by atomic mass is 19.4. The van der Waals surface area contributed by atoms with Gasteiger partial charge in [-0.05, 0) is 98.9 Å². The van der Waals surface area contributed by atoms with E-state index in [4.69, 9.17) is 14.2 Å². The quantitative estimate of drug-likeness (QED) is 0.0952. The monoisotopic (exact) mass is 624 g/mol. The summed E-state index contributed by atoms with van der Waals surface area (Å²) in [5.74, 6) is 1.29. The maximum Gasteiger partial charge on any atom is 0.416 e. The van der Waals surface area contributed by atoms with Crippen molar-refractivity contribution in [1.82, 2.24) is 4.90 Å². The zero-order valence-corrected chi connectivity index (χ0v) is 25.5. The molecule has 0 aromatic heterocycles. The Morgan fingerprint density at radius 2 is 1.47 bits per heavy atom. The molecule has 7 nitrogen and oxygen atoms in total. The molecular weight excluding hydrogens is 585 g/mol. The number of aliphatic imine (C=N–C) groups is 1. The van der Waals surface area contributed by atoms with E-state index < -0.39 is 11.7 Å². The first-order valence-corrected chi connectivity index (χ1v) is 15.2. The molecule has 0 saturated carbocycles. The molecule has 0 aliphatic carbocycles. The molecule has 1 amide bonds. The second-order valence-electron chi connectivity index (χ2n) is 11.0. The predicted molar refractivity (Wildman–Crippen MR) is 166 cm³/mol. The first-order chi connectivity index (χ1) is 21.7. The summed E-state index contributed by atoms with van der Waals surface area (Å²) in [5, 5.41) is 0. The minimum atomic E-state index is -4.43. The van der Waals surface area contributed by atoms with Crippen molar-refractivity contribution in [3.8, 4) is 17.2 Å². The number of likely N-dealkylation sites (tertiary alicyclic amines) is 1. The molecule has 1 fully saturated rings. The van der Waals surface area contributed by atoms with E-state index in [0.717, 1.165) is 49.3 Å². The van der Waals surface area contributed by atoms with Gasteiger partial charge in [-0.15, -0.1) is 0 Å². The number of benzene rings is 3. The van der Waals surface area contributed by atoms with E-state index in [2.05, 4.69) is 9.89 Å². The number of Topliss-reactive ketones (excluding diaryl/α,β-unsaturated/α-hetero) is 1. The van der Waals surface area contributed by atoms with Gasteiger partial charge < -0.3 is 14.2 Å². The third kappa shape index (κ3) is 11.4. The summed E-state index contributed by atoms with van der Waals surface area (Å²) in [6.45, 7) is 2.85. The van der Waals surface area contributed by atoms with E-state index >= 15 is 0 Å². The lowest BCUT2D eigenvalue weighted by molar-refractivity contribution is -0.137. The molecule has 0 radical (unpaired) electrons. The number of ketones is 1. The van der Waals surface area contributed by atoms with Crippen LogP contribution in [0.25, 0.3) is 0 Å². The molecular formula is C35H39F3N2O5.